The van der Waals surface area contributed by atoms with E-state index in [1.165, 1.54) is 7.11 Å². The molecule has 8 nitrogen and oxygen atoms in total. The zero-order chi connectivity index (χ0) is 25.6. The summed E-state index contributed by atoms with van der Waals surface area (Å²) in [7, 11) is 3.01. The molecule has 3 N–H and O–H groups in total. The largest absolute Gasteiger partial charge is 0.497 e. The van der Waals surface area contributed by atoms with Crippen molar-refractivity contribution in [3.8, 4) is 11.8 Å². The summed E-state index contributed by atoms with van der Waals surface area (Å²) in [5.41, 5.74) is 2.26. The lowest BCUT2D eigenvalue weighted by atomic mass is 9.71. The van der Waals surface area contributed by atoms with Crippen molar-refractivity contribution in [2.24, 2.45) is 5.41 Å². The number of benzene rings is 2. The molecule has 0 fully saturated rings. The highest BCUT2D eigenvalue weighted by Gasteiger charge is 2.39. The summed E-state index contributed by atoms with van der Waals surface area (Å²) in [5.74, 6) is 0.397. The van der Waals surface area contributed by atoms with Crippen molar-refractivity contribution >= 4 is 11.7 Å². The summed E-state index contributed by atoms with van der Waals surface area (Å²) >= 11 is 0. The third-order valence-corrected chi connectivity index (χ3v) is 6.38. The maximum Gasteiger partial charge on any atom is 0.246 e. The molecule has 0 aliphatic heterocycles. The van der Waals surface area contributed by atoms with Crippen LogP contribution in [0.3, 0.4) is 0 Å². The van der Waals surface area contributed by atoms with E-state index in [0.29, 0.717) is 29.7 Å². The Kier molecular flexibility index (Phi) is 8.62. The molecule has 0 aromatic heterocycles. The maximum absolute atomic E-state index is 13.0. The van der Waals surface area contributed by atoms with E-state index in [4.69, 9.17) is 9.47 Å². The Hall–Kier alpha value is -3.25. The number of aliphatic hydroxyl groups is 1. The summed E-state index contributed by atoms with van der Waals surface area (Å²) in [6.45, 7) is 3.90. The van der Waals surface area contributed by atoms with Crippen molar-refractivity contribution in [2.75, 3.05) is 27.4 Å². The first-order valence-corrected chi connectivity index (χ1v) is 11.6. The normalized spacial score (nSPS) is 18.2. The van der Waals surface area contributed by atoms with Crippen LogP contribution in [-0.4, -0.2) is 56.3 Å². The van der Waals surface area contributed by atoms with E-state index in [0.717, 1.165) is 11.1 Å². The van der Waals surface area contributed by atoms with Crippen molar-refractivity contribution in [1.29, 1.82) is 5.26 Å². The van der Waals surface area contributed by atoms with Gasteiger partial charge in [0.05, 0.1) is 30.9 Å². The molecule has 8 heteroatoms. The van der Waals surface area contributed by atoms with Gasteiger partial charge in [0.1, 0.15) is 12.4 Å². The zero-order valence-electron chi connectivity index (χ0n) is 20.6. The molecule has 0 bridgehead atoms. The van der Waals surface area contributed by atoms with Gasteiger partial charge in [-0.15, -0.1) is 0 Å². The maximum atomic E-state index is 13.0. The van der Waals surface area contributed by atoms with Gasteiger partial charge >= 0.3 is 0 Å². The summed E-state index contributed by atoms with van der Waals surface area (Å²) in [6, 6.07) is 13.8. The van der Waals surface area contributed by atoms with E-state index in [-0.39, 0.29) is 30.9 Å². The number of methoxy groups -OCH3 is 2. The molecule has 0 saturated carbocycles. The molecule has 0 radical (unpaired) electrons. The van der Waals surface area contributed by atoms with Gasteiger partial charge in [0, 0.05) is 30.7 Å². The highest BCUT2D eigenvalue weighted by atomic mass is 16.5. The van der Waals surface area contributed by atoms with Crippen molar-refractivity contribution < 1.29 is 24.2 Å². The molecule has 0 heterocycles. The lowest BCUT2D eigenvalue weighted by Gasteiger charge is -2.37. The van der Waals surface area contributed by atoms with Crippen LogP contribution in [0.5, 0.6) is 5.75 Å². The minimum Gasteiger partial charge on any atom is -0.497 e. The first-order chi connectivity index (χ1) is 16.7. The molecule has 1 unspecified atom stereocenters. The molecule has 2 aromatic carbocycles. The van der Waals surface area contributed by atoms with Crippen LogP contribution in [-0.2, 0) is 16.0 Å². The number of carbonyl (C=O) groups excluding carboxylic acids is 2. The first-order valence-electron chi connectivity index (χ1n) is 11.6. The second kappa shape index (κ2) is 11.5. The predicted molar refractivity (Wildman–Crippen MR) is 131 cm³/mol. The van der Waals surface area contributed by atoms with Crippen LogP contribution in [0, 0.1) is 16.7 Å². The number of carbonyl (C=O) groups is 2. The molecule has 0 saturated heterocycles. The number of hydrogen-bond donors (Lipinski definition) is 3. The number of nitrogens with zero attached hydrogens (tertiary/aromatic N) is 1. The Labute approximate surface area is 206 Å². The standard InChI is InChI=1S/C27H33N3O5/c1-27(2)13-23(21-12-19(35-4)8-9-20(21)26(27)33)29-15-24(31)22(30-25(32)16-34-3)11-17-6-5-7-18(10-17)14-28/h5-10,12,22-24,29,31H,11,13,15-16H2,1-4H3,(H,30,32)/t22?,23-,24+/m0/s1. The Morgan fingerprint density at radius 2 is 2.03 bits per heavy atom. The van der Waals surface area contributed by atoms with Gasteiger partial charge in [-0.1, -0.05) is 26.0 Å². The Balaban J connectivity index is 1.79. The van der Waals surface area contributed by atoms with Gasteiger partial charge in [-0.2, -0.15) is 5.26 Å². The Morgan fingerprint density at radius 3 is 2.71 bits per heavy atom. The molecule has 3 atom stereocenters. The van der Waals surface area contributed by atoms with Gasteiger partial charge in [0.15, 0.2) is 5.78 Å². The molecule has 186 valence electrons. The average molecular weight is 480 g/mol. The highest BCUT2D eigenvalue weighted by molar-refractivity contribution is 6.02. The minimum atomic E-state index is -0.934. The monoisotopic (exact) mass is 479 g/mol. The van der Waals surface area contributed by atoms with Crippen LogP contribution in [0.4, 0.5) is 0 Å². The second-order valence-electron chi connectivity index (χ2n) is 9.52. The third kappa shape index (κ3) is 6.45. The summed E-state index contributed by atoms with van der Waals surface area (Å²) < 4.78 is 10.3. The number of nitriles is 1. The van der Waals surface area contributed by atoms with Gasteiger partial charge in [-0.05, 0) is 54.3 Å². The summed E-state index contributed by atoms with van der Waals surface area (Å²) in [6.07, 6.45) is -0.0346. The third-order valence-electron chi connectivity index (χ3n) is 6.38. The average Bonchev–Trinajstić information content (AvgIpc) is 2.84. The molecule has 1 aliphatic rings. The van der Waals surface area contributed by atoms with Gasteiger partial charge in [-0.25, -0.2) is 0 Å². The van der Waals surface area contributed by atoms with E-state index in [9.17, 15) is 20.0 Å². The number of aliphatic hydroxyl groups excluding tert-OH is 1. The number of nitrogens with one attached hydrogen (secondary N) is 2. The van der Waals surface area contributed by atoms with E-state index in [1.807, 2.05) is 26.0 Å². The number of amides is 1. The van der Waals surface area contributed by atoms with Crippen LogP contribution in [0.25, 0.3) is 0 Å². The van der Waals surface area contributed by atoms with Crippen molar-refractivity contribution in [3.05, 3.63) is 64.7 Å². The van der Waals surface area contributed by atoms with E-state index >= 15 is 0 Å². The van der Waals surface area contributed by atoms with Crippen LogP contribution >= 0.6 is 0 Å². The lowest BCUT2D eigenvalue weighted by molar-refractivity contribution is -0.126. The Morgan fingerprint density at radius 1 is 1.26 bits per heavy atom. The number of fused-ring (bicyclic) bond motifs is 1. The predicted octanol–water partition coefficient (Wildman–Crippen LogP) is 2.54. The molecule has 35 heavy (non-hydrogen) atoms. The fraction of sp³-hybridized carbons (Fsp3) is 0.444. The lowest BCUT2D eigenvalue weighted by Crippen LogP contribution is -2.50. The number of rotatable bonds is 10. The van der Waals surface area contributed by atoms with Crippen LogP contribution < -0.4 is 15.4 Å². The van der Waals surface area contributed by atoms with E-state index in [2.05, 4.69) is 16.7 Å². The van der Waals surface area contributed by atoms with Crippen LogP contribution in [0.2, 0.25) is 0 Å². The van der Waals surface area contributed by atoms with Crippen molar-refractivity contribution in [3.63, 3.8) is 0 Å². The van der Waals surface area contributed by atoms with Crippen molar-refractivity contribution in [1.82, 2.24) is 10.6 Å². The van der Waals surface area contributed by atoms with Crippen LogP contribution in [0.1, 0.15) is 53.4 Å². The first kappa shape index (κ1) is 26.4. The van der Waals surface area contributed by atoms with Gasteiger partial charge in [0.25, 0.3) is 0 Å². The fourth-order valence-electron chi connectivity index (χ4n) is 4.51. The van der Waals surface area contributed by atoms with E-state index in [1.54, 1.807) is 37.4 Å². The number of ether oxygens (including phenoxy) is 2. The van der Waals surface area contributed by atoms with Gasteiger partial charge in [-0.3, -0.25) is 9.59 Å². The molecule has 1 amide bonds. The fourth-order valence-corrected chi connectivity index (χ4v) is 4.51. The van der Waals surface area contributed by atoms with Gasteiger partial charge in [0.2, 0.25) is 5.91 Å². The van der Waals surface area contributed by atoms with Gasteiger partial charge < -0.3 is 25.2 Å². The van der Waals surface area contributed by atoms with E-state index < -0.39 is 17.6 Å². The SMILES string of the molecule is COCC(=O)NC(Cc1cccc(C#N)c1)[C@H](O)CN[C@H]1CC(C)(C)C(=O)c2ccc(OC)cc21. The molecule has 1 aliphatic carbocycles. The molecular formula is C27H33N3O5. The number of Topliss-reactive ketones (excluding diaryl/α,β-unsaturated/α-hetero) is 1. The minimum absolute atomic E-state index is 0.0795. The smallest absolute Gasteiger partial charge is 0.246 e. The Bertz CT molecular complexity index is 1110. The highest BCUT2D eigenvalue weighted by Crippen LogP contribution is 2.41. The number of ketones is 1. The number of hydrogen-bond acceptors (Lipinski definition) is 7. The second-order valence-corrected chi connectivity index (χ2v) is 9.52. The molecule has 2 aromatic rings. The van der Waals surface area contributed by atoms with Crippen molar-refractivity contribution in [2.45, 2.75) is 44.9 Å². The molecule has 3 rings (SSSR count). The topological polar surface area (TPSA) is 121 Å². The summed E-state index contributed by atoms with van der Waals surface area (Å²) in [4.78, 5) is 25.2. The molecular weight excluding hydrogens is 446 g/mol. The quantitative estimate of drug-likeness (QED) is 0.479. The molecule has 0 spiro atoms. The van der Waals surface area contributed by atoms with Crippen LogP contribution in [0.15, 0.2) is 42.5 Å². The zero-order valence-corrected chi connectivity index (χ0v) is 20.6. The summed E-state index contributed by atoms with van der Waals surface area (Å²) in [5, 5.41) is 26.5.